The Morgan fingerprint density at radius 3 is 1.93 bits per heavy atom. The molecule has 0 bridgehead atoms. The summed E-state index contributed by atoms with van der Waals surface area (Å²) in [6.45, 7) is -0.0193. The number of amides is 1. The maximum Gasteiger partial charge on any atom is 0.258 e. The number of hydrogen-bond acceptors (Lipinski definition) is 3. The van der Waals surface area contributed by atoms with Crippen LogP contribution in [0.5, 0.6) is 0 Å². The largest absolute Gasteiger partial charge is 0.311 e. The lowest BCUT2D eigenvalue weighted by Gasteiger charge is -2.24. The molecule has 3 aromatic rings. The van der Waals surface area contributed by atoms with Crippen LogP contribution in [0.25, 0.3) is 0 Å². The monoisotopic (exact) mass is 462 g/mol. The summed E-state index contributed by atoms with van der Waals surface area (Å²) in [5, 5.41) is 0.764. The highest BCUT2D eigenvalue weighted by Gasteiger charge is 2.21. The first kappa shape index (κ1) is 22.2. The zero-order valence-electron chi connectivity index (χ0n) is 16.4. The van der Waals surface area contributed by atoms with Crippen molar-refractivity contribution in [3.63, 3.8) is 0 Å². The normalized spacial score (nSPS) is 11.2. The molecule has 3 aromatic carbocycles. The molecule has 8 heteroatoms. The van der Waals surface area contributed by atoms with E-state index < -0.39 is 10.0 Å². The van der Waals surface area contributed by atoms with Gasteiger partial charge in [-0.15, -0.1) is 0 Å². The van der Waals surface area contributed by atoms with Gasteiger partial charge in [-0.05, 0) is 48.5 Å². The quantitative estimate of drug-likeness (QED) is 0.503. The second kappa shape index (κ2) is 9.08. The number of carbonyl (C=O) groups is 1. The summed E-state index contributed by atoms with van der Waals surface area (Å²) in [5.41, 5.74) is 2.12. The van der Waals surface area contributed by atoms with Crippen LogP contribution in [0.2, 0.25) is 10.0 Å². The maximum absolute atomic E-state index is 12.8. The van der Waals surface area contributed by atoms with E-state index in [4.69, 9.17) is 23.2 Å². The third-order valence-electron chi connectivity index (χ3n) is 4.61. The summed E-state index contributed by atoms with van der Waals surface area (Å²) in [5.74, 6) is -0.201. The van der Waals surface area contributed by atoms with E-state index in [-0.39, 0.29) is 12.5 Å². The third-order valence-corrected chi connectivity index (χ3v) is 6.46. The van der Waals surface area contributed by atoms with Gasteiger partial charge in [-0.1, -0.05) is 47.5 Å². The molecule has 0 aliphatic heterocycles. The SMILES string of the molecule is CN(C(=O)c1ccc(N(Cc2c(Cl)cccc2Cl)S(C)(=O)=O)cc1)c1ccccc1. The molecule has 1 amide bonds. The van der Waals surface area contributed by atoms with Gasteiger partial charge in [0.15, 0.2) is 0 Å². The van der Waals surface area contributed by atoms with E-state index in [1.165, 1.54) is 9.21 Å². The molecule has 0 spiro atoms. The number of sulfonamides is 1. The molecule has 0 atom stereocenters. The average Bonchev–Trinajstić information content (AvgIpc) is 2.72. The van der Waals surface area contributed by atoms with Crippen molar-refractivity contribution < 1.29 is 13.2 Å². The molecule has 156 valence electrons. The Morgan fingerprint density at radius 2 is 1.40 bits per heavy atom. The van der Waals surface area contributed by atoms with Gasteiger partial charge in [0.2, 0.25) is 10.0 Å². The highest BCUT2D eigenvalue weighted by atomic mass is 35.5. The van der Waals surface area contributed by atoms with Gasteiger partial charge in [-0.25, -0.2) is 8.42 Å². The lowest BCUT2D eigenvalue weighted by molar-refractivity contribution is 0.0993. The van der Waals surface area contributed by atoms with Gasteiger partial charge in [0.25, 0.3) is 5.91 Å². The Labute approximate surface area is 186 Å². The second-order valence-corrected chi connectivity index (χ2v) is 9.44. The summed E-state index contributed by atoms with van der Waals surface area (Å²) in [7, 11) is -1.93. The van der Waals surface area contributed by atoms with Gasteiger partial charge >= 0.3 is 0 Å². The Morgan fingerprint density at radius 1 is 0.833 bits per heavy atom. The minimum Gasteiger partial charge on any atom is -0.311 e. The van der Waals surface area contributed by atoms with Crippen LogP contribution in [0.3, 0.4) is 0 Å². The number of para-hydroxylation sites is 1. The molecule has 0 aromatic heterocycles. The molecule has 5 nitrogen and oxygen atoms in total. The summed E-state index contributed by atoms with van der Waals surface area (Å²) in [4.78, 5) is 14.3. The highest BCUT2D eigenvalue weighted by Crippen LogP contribution is 2.29. The molecule has 30 heavy (non-hydrogen) atoms. The van der Waals surface area contributed by atoms with Crippen molar-refractivity contribution in [3.8, 4) is 0 Å². The van der Waals surface area contributed by atoms with Crippen LogP contribution in [-0.2, 0) is 16.6 Å². The first-order valence-corrected chi connectivity index (χ1v) is 11.6. The lowest BCUT2D eigenvalue weighted by atomic mass is 10.1. The molecule has 0 radical (unpaired) electrons. The fourth-order valence-electron chi connectivity index (χ4n) is 2.96. The van der Waals surface area contributed by atoms with E-state index in [0.717, 1.165) is 11.9 Å². The molecule has 0 aliphatic rings. The molecule has 0 aliphatic carbocycles. The van der Waals surface area contributed by atoms with Crippen molar-refractivity contribution in [1.29, 1.82) is 0 Å². The smallest absolute Gasteiger partial charge is 0.258 e. The Bertz CT molecular complexity index is 1130. The van der Waals surface area contributed by atoms with Gasteiger partial charge < -0.3 is 4.90 Å². The van der Waals surface area contributed by atoms with E-state index in [0.29, 0.717) is 26.9 Å². The number of rotatable bonds is 6. The van der Waals surface area contributed by atoms with Gasteiger partial charge in [0.1, 0.15) is 0 Å². The van der Waals surface area contributed by atoms with Crippen molar-refractivity contribution in [3.05, 3.63) is 94.0 Å². The lowest BCUT2D eigenvalue weighted by Crippen LogP contribution is -2.30. The van der Waals surface area contributed by atoms with E-state index in [1.54, 1.807) is 49.5 Å². The van der Waals surface area contributed by atoms with E-state index in [2.05, 4.69) is 0 Å². The predicted octanol–water partition coefficient (Wildman–Crippen LogP) is 5.24. The van der Waals surface area contributed by atoms with Crippen LogP contribution < -0.4 is 9.21 Å². The van der Waals surface area contributed by atoms with Crippen LogP contribution in [0, 0.1) is 0 Å². The van der Waals surface area contributed by atoms with Crippen LogP contribution in [0.4, 0.5) is 11.4 Å². The molecular formula is C22H20Cl2N2O3S. The van der Waals surface area contributed by atoms with Crippen molar-refractivity contribution in [2.24, 2.45) is 0 Å². The third kappa shape index (κ3) is 4.95. The van der Waals surface area contributed by atoms with Crippen LogP contribution in [-0.4, -0.2) is 27.6 Å². The molecule has 0 N–H and O–H groups in total. The Kier molecular flexibility index (Phi) is 6.71. The van der Waals surface area contributed by atoms with Crippen molar-refractivity contribution in [2.75, 3.05) is 22.5 Å². The van der Waals surface area contributed by atoms with E-state index in [1.807, 2.05) is 30.3 Å². The minimum atomic E-state index is -3.62. The first-order valence-electron chi connectivity index (χ1n) is 9.02. The van der Waals surface area contributed by atoms with E-state index >= 15 is 0 Å². The zero-order valence-corrected chi connectivity index (χ0v) is 18.7. The van der Waals surface area contributed by atoms with Gasteiger partial charge in [-0.2, -0.15) is 0 Å². The summed E-state index contributed by atoms with van der Waals surface area (Å²) in [6.07, 6.45) is 1.11. The maximum atomic E-state index is 12.8. The van der Waals surface area contributed by atoms with Crippen molar-refractivity contribution in [1.82, 2.24) is 0 Å². The predicted molar refractivity (Wildman–Crippen MR) is 123 cm³/mol. The van der Waals surface area contributed by atoms with Gasteiger partial charge in [0, 0.05) is 33.9 Å². The Balaban J connectivity index is 1.89. The van der Waals surface area contributed by atoms with Crippen LogP contribution >= 0.6 is 23.2 Å². The fraction of sp³-hybridized carbons (Fsp3) is 0.136. The molecule has 0 saturated heterocycles. The summed E-state index contributed by atoms with van der Waals surface area (Å²) < 4.78 is 26.1. The fourth-order valence-corrected chi connectivity index (χ4v) is 4.35. The van der Waals surface area contributed by atoms with Crippen LogP contribution in [0.1, 0.15) is 15.9 Å². The number of anilines is 2. The number of hydrogen-bond donors (Lipinski definition) is 0. The van der Waals surface area contributed by atoms with Gasteiger partial charge in [-0.3, -0.25) is 9.10 Å². The minimum absolute atomic E-state index is 0.0193. The van der Waals surface area contributed by atoms with Crippen molar-refractivity contribution in [2.45, 2.75) is 6.54 Å². The molecule has 3 rings (SSSR count). The number of nitrogens with zero attached hydrogens (tertiary/aromatic N) is 2. The Hall–Kier alpha value is -2.54. The molecule has 0 unspecified atom stereocenters. The van der Waals surface area contributed by atoms with Gasteiger partial charge in [0.05, 0.1) is 18.5 Å². The molecule has 0 heterocycles. The molecular weight excluding hydrogens is 443 g/mol. The standard InChI is InChI=1S/C22H20Cl2N2O3S/c1-25(17-7-4-3-5-8-17)22(27)16-11-13-18(14-12-16)26(30(2,28)29)15-19-20(23)9-6-10-21(19)24/h3-14H,15H2,1-2H3. The summed E-state index contributed by atoms with van der Waals surface area (Å²) in [6, 6.07) is 20.7. The van der Waals surface area contributed by atoms with Crippen LogP contribution in [0.15, 0.2) is 72.8 Å². The number of halogens is 2. The first-order chi connectivity index (χ1) is 14.2. The average molecular weight is 463 g/mol. The van der Waals surface area contributed by atoms with E-state index in [9.17, 15) is 13.2 Å². The van der Waals surface area contributed by atoms with Crippen molar-refractivity contribution >= 4 is 50.5 Å². The number of benzene rings is 3. The topological polar surface area (TPSA) is 57.7 Å². The summed E-state index contributed by atoms with van der Waals surface area (Å²) >= 11 is 12.4. The number of carbonyl (C=O) groups excluding carboxylic acids is 1. The molecule has 0 saturated carbocycles. The second-order valence-electron chi connectivity index (χ2n) is 6.72. The zero-order chi connectivity index (χ0) is 21.9. The highest BCUT2D eigenvalue weighted by molar-refractivity contribution is 7.92. The molecule has 0 fully saturated rings.